The lowest BCUT2D eigenvalue weighted by Crippen LogP contribution is -2.39. The highest BCUT2D eigenvalue weighted by molar-refractivity contribution is 5.84. The molecule has 0 unspecified atom stereocenters. The van der Waals surface area contributed by atoms with E-state index in [0.29, 0.717) is 0 Å². The van der Waals surface area contributed by atoms with Crippen molar-refractivity contribution < 1.29 is 14.3 Å². The number of rotatable bonds is 6. The standard InChI is InChI=1S/C27H27NO3/c1-19(27(30)28-25-13-7-11-23-10-5-6-12-24(23)25)31-26(29)18-20-14-16-22(17-15-20)21-8-3-2-4-9-21/h2-6,8-10,12,14-17,19,25H,7,11,13,18H2,1H3,(H,28,30)/t19-,25-/m0/s1. The van der Waals surface area contributed by atoms with Crippen LogP contribution in [-0.2, 0) is 27.2 Å². The third-order valence-electron chi connectivity index (χ3n) is 5.77. The first-order valence-corrected chi connectivity index (χ1v) is 10.8. The molecule has 1 aliphatic carbocycles. The molecule has 0 radical (unpaired) electrons. The van der Waals surface area contributed by atoms with Crippen LogP contribution in [0.1, 0.15) is 42.5 Å². The zero-order valence-electron chi connectivity index (χ0n) is 17.7. The number of fused-ring (bicyclic) bond motifs is 1. The number of amides is 1. The van der Waals surface area contributed by atoms with Crippen molar-refractivity contribution in [3.63, 3.8) is 0 Å². The molecule has 4 rings (SSSR count). The predicted octanol–water partition coefficient (Wildman–Crippen LogP) is 5.02. The van der Waals surface area contributed by atoms with Gasteiger partial charge < -0.3 is 10.1 Å². The maximum absolute atomic E-state index is 12.6. The van der Waals surface area contributed by atoms with Crippen molar-refractivity contribution in [2.45, 2.75) is 44.8 Å². The second kappa shape index (κ2) is 9.61. The summed E-state index contributed by atoms with van der Waals surface area (Å²) in [7, 11) is 0. The summed E-state index contributed by atoms with van der Waals surface area (Å²) in [6, 6.07) is 26.1. The Bertz CT molecular complexity index is 1040. The molecule has 0 aromatic heterocycles. The van der Waals surface area contributed by atoms with Gasteiger partial charge in [-0.15, -0.1) is 0 Å². The Hall–Kier alpha value is -3.40. The molecule has 0 heterocycles. The van der Waals surface area contributed by atoms with E-state index in [0.717, 1.165) is 36.0 Å². The average Bonchev–Trinajstić information content (AvgIpc) is 2.80. The molecule has 0 saturated heterocycles. The Kier molecular flexibility index (Phi) is 6.46. The van der Waals surface area contributed by atoms with Gasteiger partial charge in [0.1, 0.15) is 0 Å². The molecule has 3 aromatic carbocycles. The number of aryl methyl sites for hydroxylation is 1. The van der Waals surface area contributed by atoms with Crippen molar-refractivity contribution in [1.82, 2.24) is 5.32 Å². The smallest absolute Gasteiger partial charge is 0.311 e. The molecule has 1 amide bonds. The predicted molar refractivity (Wildman–Crippen MR) is 121 cm³/mol. The number of benzene rings is 3. The molecule has 0 aliphatic heterocycles. The number of hydrogen-bond acceptors (Lipinski definition) is 3. The molecular formula is C27H27NO3. The van der Waals surface area contributed by atoms with Crippen molar-refractivity contribution in [3.8, 4) is 11.1 Å². The summed E-state index contributed by atoms with van der Waals surface area (Å²) in [5, 5.41) is 3.05. The van der Waals surface area contributed by atoms with Crippen LogP contribution in [0.4, 0.5) is 0 Å². The van der Waals surface area contributed by atoms with Gasteiger partial charge in [-0.1, -0.05) is 78.9 Å². The van der Waals surface area contributed by atoms with Crippen LogP contribution in [-0.4, -0.2) is 18.0 Å². The third kappa shape index (κ3) is 5.21. The van der Waals surface area contributed by atoms with E-state index in [-0.39, 0.29) is 18.4 Å². The molecule has 0 saturated carbocycles. The largest absolute Gasteiger partial charge is 0.452 e. The number of esters is 1. The van der Waals surface area contributed by atoms with Gasteiger partial charge in [0.2, 0.25) is 0 Å². The van der Waals surface area contributed by atoms with Crippen LogP contribution in [0.5, 0.6) is 0 Å². The summed E-state index contributed by atoms with van der Waals surface area (Å²) in [4.78, 5) is 25.0. The fourth-order valence-electron chi connectivity index (χ4n) is 4.10. The zero-order chi connectivity index (χ0) is 21.6. The minimum atomic E-state index is -0.829. The van der Waals surface area contributed by atoms with Crippen LogP contribution in [0.2, 0.25) is 0 Å². The van der Waals surface area contributed by atoms with E-state index in [1.165, 1.54) is 11.1 Å². The topological polar surface area (TPSA) is 55.4 Å². The lowest BCUT2D eigenvalue weighted by atomic mass is 9.87. The van der Waals surface area contributed by atoms with Crippen LogP contribution in [0.25, 0.3) is 11.1 Å². The monoisotopic (exact) mass is 413 g/mol. The number of hydrogen-bond donors (Lipinski definition) is 1. The van der Waals surface area contributed by atoms with Crippen LogP contribution >= 0.6 is 0 Å². The van der Waals surface area contributed by atoms with Gasteiger partial charge in [0.25, 0.3) is 5.91 Å². The molecule has 1 aliphatic rings. The van der Waals surface area contributed by atoms with E-state index in [9.17, 15) is 9.59 Å². The Morgan fingerprint density at radius 3 is 2.39 bits per heavy atom. The summed E-state index contributed by atoms with van der Waals surface area (Å²) in [5.74, 6) is -0.659. The number of ether oxygens (including phenoxy) is 1. The minimum absolute atomic E-state index is 0.0240. The first-order chi connectivity index (χ1) is 15.1. The molecule has 4 nitrogen and oxygen atoms in total. The summed E-state index contributed by atoms with van der Waals surface area (Å²) in [6.07, 6.45) is 2.28. The average molecular weight is 414 g/mol. The van der Waals surface area contributed by atoms with E-state index in [2.05, 4.69) is 17.4 Å². The number of carbonyl (C=O) groups is 2. The van der Waals surface area contributed by atoms with Crippen molar-refractivity contribution in [3.05, 3.63) is 95.6 Å². The summed E-state index contributed by atoms with van der Waals surface area (Å²) < 4.78 is 5.41. The Labute approximate surface area is 183 Å². The fourth-order valence-corrected chi connectivity index (χ4v) is 4.10. The maximum Gasteiger partial charge on any atom is 0.311 e. The Morgan fingerprint density at radius 2 is 1.61 bits per heavy atom. The molecule has 158 valence electrons. The summed E-state index contributed by atoms with van der Waals surface area (Å²) in [5.41, 5.74) is 5.53. The van der Waals surface area contributed by atoms with Crippen molar-refractivity contribution >= 4 is 11.9 Å². The highest BCUT2D eigenvalue weighted by Crippen LogP contribution is 2.29. The lowest BCUT2D eigenvalue weighted by molar-refractivity contribution is -0.154. The normalized spacial score (nSPS) is 16.1. The molecule has 0 fully saturated rings. The van der Waals surface area contributed by atoms with E-state index in [4.69, 9.17) is 4.74 Å². The van der Waals surface area contributed by atoms with Crippen LogP contribution in [0, 0.1) is 0 Å². The third-order valence-corrected chi connectivity index (χ3v) is 5.77. The van der Waals surface area contributed by atoms with E-state index < -0.39 is 12.1 Å². The summed E-state index contributed by atoms with van der Waals surface area (Å²) >= 11 is 0. The van der Waals surface area contributed by atoms with Gasteiger partial charge in [0.15, 0.2) is 6.10 Å². The molecule has 1 N–H and O–H groups in total. The van der Waals surface area contributed by atoms with E-state index in [1.807, 2.05) is 66.7 Å². The maximum atomic E-state index is 12.6. The highest BCUT2D eigenvalue weighted by atomic mass is 16.5. The molecule has 3 aromatic rings. The highest BCUT2D eigenvalue weighted by Gasteiger charge is 2.25. The zero-order valence-corrected chi connectivity index (χ0v) is 17.7. The van der Waals surface area contributed by atoms with Crippen molar-refractivity contribution in [1.29, 1.82) is 0 Å². The Balaban J connectivity index is 1.31. The second-order valence-electron chi connectivity index (χ2n) is 8.02. The minimum Gasteiger partial charge on any atom is -0.452 e. The molecule has 31 heavy (non-hydrogen) atoms. The summed E-state index contributed by atoms with van der Waals surface area (Å²) in [6.45, 7) is 1.63. The SMILES string of the molecule is C[C@H](OC(=O)Cc1ccc(-c2ccccc2)cc1)C(=O)N[C@H]1CCCc2ccccc21. The van der Waals surface area contributed by atoms with Crippen LogP contribution < -0.4 is 5.32 Å². The van der Waals surface area contributed by atoms with Crippen molar-refractivity contribution in [2.24, 2.45) is 0 Å². The van der Waals surface area contributed by atoms with Gasteiger partial charge in [-0.2, -0.15) is 0 Å². The lowest BCUT2D eigenvalue weighted by Gasteiger charge is -2.27. The molecular weight excluding hydrogens is 386 g/mol. The second-order valence-corrected chi connectivity index (χ2v) is 8.02. The van der Waals surface area contributed by atoms with Gasteiger partial charge in [0.05, 0.1) is 12.5 Å². The van der Waals surface area contributed by atoms with E-state index in [1.54, 1.807) is 6.92 Å². The van der Waals surface area contributed by atoms with E-state index >= 15 is 0 Å². The van der Waals surface area contributed by atoms with Crippen LogP contribution in [0.15, 0.2) is 78.9 Å². The number of nitrogens with one attached hydrogen (secondary N) is 1. The molecule has 4 heteroatoms. The van der Waals surface area contributed by atoms with Gasteiger partial charge in [-0.05, 0) is 54.0 Å². The Morgan fingerprint density at radius 1 is 0.935 bits per heavy atom. The first kappa shape index (κ1) is 20.9. The van der Waals surface area contributed by atoms with Gasteiger partial charge in [0, 0.05) is 0 Å². The van der Waals surface area contributed by atoms with Crippen molar-refractivity contribution in [2.75, 3.05) is 0 Å². The molecule has 0 spiro atoms. The van der Waals surface area contributed by atoms with Crippen LogP contribution in [0.3, 0.4) is 0 Å². The van der Waals surface area contributed by atoms with Gasteiger partial charge >= 0.3 is 5.97 Å². The number of carbonyl (C=O) groups excluding carboxylic acids is 2. The molecule has 0 bridgehead atoms. The molecule has 2 atom stereocenters. The van der Waals surface area contributed by atoms with Gasteiger partial charge in [-0.25, -0.2) is 0 Å². The fraction of sp³-hybridized carbons (Fsp3) is 0.259. The quantitative estimate of drug-likeness (QED) is 0.577. The van der Waals surface area contributed by atoms with Gasteiger partial charge in [-0.3, -0.25) is 9.59 Å². The first-order valence-electron chi connectivity index (χ1n) is 10.8.